The van der Waals surface area contributed by atoms with E-state index in [1.165, 1.54) is 60.4 Å². The van der Waals surface area contributed by atoms with Crippen LogP contribution in [0.4, 0.5) is 11.4 Å². The van der Waals surface area contributed by atoms with E-state index < -0.39 is 0 Å². The molecule has 5 rings (SSSR count). The Hall–Kier alpha value is -1.71. The summed E-state index contributed by atoms with van der Waals surface area (Å²) >= 11 is 6.34. The maximum atomic E-state index is 6.34. The lowest BCUT2D eigenvalue weighted by Gasteiger charge is -2.37. The predicted octanol–water partition coefficient (Wildman–Crippen LogP) is 5.03. The molecule has 27 heavy (non-hydrogen) atoms. The third-order valence-electron chi connectivity index (χ3n) is 6.52. The molecule has 3 heterocycles. The van der Waals surface area contributed by atoms with Gasteiger partial charge in [0.05, 0.1) is 11.4 Å². The van der Waals surface area contributed by atoms with Crippen LogP contribution in [0.2, 0.25) is 5.02 Å². The molecule has 1 fully saturated rings. The van der Waals surface area contributed by atoms with Crippen molar-refractivity contribution in [2.75, 3.05) is 36.4 Å². The van der Waals surface area contributed by atoms with Crippen molar-refractivity contribution in [3.8, 4) is 0 Å². The monoisotopic (exact) mass is 381 g/mol. The van der Waals surface area contributed by atoms with E-state index in [1.54, 1.807) is 0 Å². The molecule has 1 unspecified atom stereocenters. The lowest BCUT2D eigenvalue weighted by atomic mass is 9.88. The van der Waals surface area contributed by atoms with E-state index in [1.807, 2.05) is 0 Å². The van der Waals surface area contributed by atoms with Crippen molar-refractivity contribution in [1.82, 2.24) is 4.90 Å². The number of hydrogen-bond donors (Lipinski definition) is 1. The Bertz CT molecular complexity index is 842. The topological polar surface area (TPSA) is 18.5 Å². The van der Waals surface area contributed by atoms with Crippen molar-refractivity contribution in [2.45, 2.75) is 44.7 Å². The molecule has 3 aliphatic rings. The molecule has 142 valence electrons. The Labute approximate surface area is 167 Å². The Kier molecular flexibility index (Phi) is 4.53. The van der Waals surface area contributed by atoms with E-state index in [0.717, 1.165) is 30.5 Å². The van der Waals surface area contributed by atoms with Gasteiger partial charge in [-0.1, -0.05) is 41.4 Å². The molecule has 4 heteroatoms. The minimum Gasteiger partial charge on any atom is -0.362 e. The van der Waals surface area contributed by atoms with Crippen molar-refractivity contribution < 1.29 is 0 Å². The fraction of sp³-hybridized carbons (Fsp3) is 0.478. The lowest BCUT2D eigenvalue weighted by molar-refractivity contribution is 0.204. The largest absolute Gasteiger partial charge is 0.362 e. The molecular weight excluding hydrogens is 354 g/mol. The molecule has 3 aliphatic heterocycles. The van der Waals surface area contributed by atoms with Crippen molar-refractivity contribution in [3.05, 3.63) is 58.1 Å². The number of hydrogen-bond acceptors (Lipinski definition) is 3. The summed E-state index contributed by atoms with van der Waals surface area (Å²) in [6.07, 6.45) is 5.28. The van der Waals surface area contributed by atoms with E-state index >= 15 is 0 Å². The van der Waals surface area contributed by atoms with Gasteiger partial charge in [-0.25, -0.2) is 0 Å². The summed E-state index contributed by atoms with van der Waals surface area (Å²) in [5, 5.41) is 4.61. The van der Waals surface area contributed by atoms with E-state index in [0.29, 0.717) is 6.17 Å². The van der Waals surface area contributed by atoms with Crippen LogP contribution in [-0.4, -0.2) is 37.2 Å². The van der Waals surface area contributed by atoms with Crippen LogP contribution >= 0.6 is 11.6 Å². The van der Waals surface area contributed by atoms with Gasteiger partial charge in [0.2, 0.25) is 0 Å². The van der Waals surface area contributed by atoms with E-state index in [2.05, 4.69) is 58.4 Å². The third kappa shape index (κ3) is 3.32. The van der Waals surface area contributed by atoms with E-state index in [9.17, 15) is 0 Å². The Morgan fingerprint density at radius 3 is 2.78 bits per heavy atom. The Balaban J connectivity index is 1.24. The number of benzene rings is 2. The van der Waals surface area contributed by atoms with E-state index in [-0.39, 0.29) is 0 Å². The van der Waals surface area contributed by atoms with Gasteiger partial charge in [-0.15, -0.1) is 0 Å². The molecule has 2 aromatic carbocycles. The number of likely N-dealkylation sites (tertiary alicyclic amines) is 1. The highest BCUT2D eigenvalue weighted by Gasteiger charge is 2.35. The SMILES string of the molecule is Cc1cccc(C2CCN(CC3Nc4cc(Cl)cc5c4N3CCC5)CC2)c1. The van der Waals surface area contributed by atoms with Gasteiger partial charge < -0.3 is 10.2 Å². The van der Waals surface area contributed by atoms with Gasteiger partial charge in [0.15, 0.2) is 0 Å². The van der Waals surface area contributed by atoms with Crippen LogP contribution in [0.5, 0.6) is 0 Å². The first-order valence-electron chi connectivity index (χ1n) is 10.3. The van der Waals surface area contributed by atoms with Gasteiger partial charge in [-0.2, -0.15) is 0 Å². The van der Waals surface area contributed by atoms with Crippen molar-refractivity contribution in [3.63, 3.8) is 0 Å². The van der Waals surface area contributed by atoms with Gasteiger partial charge in [0.1, 0.15) is 6.17 Å². The van der Waals surface area contributed by atoms with Gasteiger partial charge in [0.25, 0.3) is 0 Å². The maximum absolute atomic E-state index is 6.34. The predicted molar refractivity (Wildman–Crippen MR) is 114 cm³/mol. The van der Waals surface area contributed by atoms with Crippen molar-refractivity contribution in [1.29, 1.82) is 0 Å². The highest BCUT2D eigenvalue weighted by molar-refractivity contribution is 6.31. The van der Waals surface area contributed by atoms with Gasteiger partial charge in [-0.3, -0.25) is 4.90 Å². The zero-order valence-electron chi connectivity index (χ0n) is 16.0. The highest BCUT2D eigenvalue weighted by Crippen LogP contribution is 2.43. The van der Waals surface area contributed by atoms with Crippen LogP contribution in [0.15, 0.2) is 36.4 Å². The second-order valence-electron chi connectivity index (χ2n) is 8.41. The van der Waals surface area contributed by atoms with Crippen LogP contribution in [0.3, 0.4) is 0 Å². The average molecular weight is 382 g/mol. The molecular formula is C23H28ClN3. The van der Waals surface area contributed by atoms with Crippen LogP contribution in [0.1, 0.15) is 41.9 Å². The number of nitrogens with one attached hydrogen (secondary N) is 1. The molecule has 0 amide bonds. The number of nitrogens with zero attached hydrogens (tertiary/aromatic N) is 2. The molecule has 1 atom stereocenters. The van der Waals surface area contributed by atoms with Crippen LogP contribution in [-0.2, 0) is 6.42 Å². The number of halogens is 1. The average Bonchev–Trinajstić information content (AvgIpc) is 3.01. The fourth-order valence-electron chi connectivity index (χ4n) is 5.18. The zero-order chi connectivity index (χ0) is 18.4. The maximum Gasteiger partial charge on any atom is 0.112 e. The normalized spacial score (nSPS) is 22.6. The summed E-state index contributed by atoms with van der Waals surface area (Å²) in [6.45, 7) is 6.82. The summed E-state index contributed by atoms with van der Waals surface area (Å²) in [7, 11) is 0. The molecule has 0 spiro atoms. The summed E-state index contributed by atoms with van der Waals surface area (Å²) < 4.78 is 0. The second-order valence-corrected chi connectivity index (χ2v) is 8.84. The Morgan fingerprint density at radius 1 is 1.11 bits per heavy atom. The van der Waals surface area contributed by atoms with E-state index in [4.69, 9.17) is 11.6 Å². The minimum atomic E-state index is 0.382. The molecule has 0 bridgehead atoms. The minimum absolute atomic E-state index is 0.382. The summed E-state index contributed by atoms with van der Waals surface area (Å²) in [4.78, 5) is 5.23. The molecule has 1 N–H and O–H groups in total. The van der Waals surface area contributed by atoms with Gasteiger partial charge >= 0.3 is 0 Å². The standard InChI is InChI=1S/C23H28ClN3/c1-16-4-2-5-18(12-16)17-7-10-26(11-8-17)15-22-25-21-14-20(24)13-19-6-3-9-27(22)23(19)21/h2,4-5,12-14,17,22,25H,3,6-11,15H2,1H3. The fourth-order valence-corrected chi connectivity index (χ4v) is 5.42. The van der Waals surface area contributed by atoms with Crippen LogP contribution in [0, 0.1) is 6.92 Å². The highest BCUT2D eigenvalue weighted by atomic mass is 35.5. The molecule has 0 saturated carbocycles. The van der Waals surface area contributed by atoms with Crippen LogP contribution in [0.25, 0.3) is 0 Å². The van der Waals surface area contributed by atoms with Gasteiger partial charge in [0, 0.05) is 18.1 Å². The first kappa shape index (κ1) is 17.4. The first-order valence-corrected chi connectivity index (χ1v) is 10.7. The number of piperidine rings is 1. The molecule has 0 radical (unpaired) electrons. The summed E-state index contributed by atoms with van der Waals surface area (Å²) in [5.74, 6) is 0.718. The Morgan fingerprint density at radius 2 is 1.96 bits per heavy atom. The number of rotatable bonds is 3. The third-order valence-corrected chi connectivity index (χ3v) is 6.73. The molecule has 3 nitrogen and oxygen atoms in total. The molecule has 0 aromatic heterocycles. The molecule has 1 saturated heterocycles. The molecule has 0 aliphatic carbocycles. The smallest absolute Gasteiger partial charge is 0.112 e. The molecule has 2 aromatic rings. The number of anilines is 2. The van der Waals surface area contributed by atoms with Crippen LogP contribution < -0.4 is 10.2 Å². The quantitative estimate of drug-likeness (QED) is 0.804. The first-order chi connectivity index (χ1) is 13.2. The summed E-state index contributed by atoms with van der Waals surface area (Å²) in [6, 6.07) is 13.3. The van der Waals surface area contributed by atoms with Gasteiger partial charge in [-0.05, 0) is 74.9 Å². The van der Waals surface area contributed by atoms with Crippen molar-refractivity contribution in [2.24, 2.45) is 0 Å². The summed E-state index contributed by atoms with van der Waals surface area (Å²) in [5.41, 5.74) is 6.96. The lowest BCUT2D eigenvalue weighted by Crippen LogP contribution is -2.48. The number of aryl methyl sites for hydroxylation is 2. The zero-order valence-corrected chi connectivity index (χ0v) is 16.8. The van der Waals surface area contributed by atoms with Crippen molar-refractivity contribution >= 4 is 23.0 Å². The second kappa shape index (κ2) is 7.03.